The number of nitriles is 1. The van der Waals surface area contributed by atoms with Crippen LogP contribution in [-0.2, 0) is 9.63 Å². The molecule has 0 aliphatic rings. The standard InChI is InChI=1S/C3H2ClN3O3/c4-2(6-9)3(8)7-10-1-5/h9H,(H,7,8). The van der Waals surface area contributed by atoms with Crippen LogP contribution in [0.25, 0.3) is 0 Å². The van der Waals surface area contributed by atoms with Gasteiger partial charge < -0.3 is 5.21 Å². The summed E-state index contributed by atoms with van der Waals surface area (Å²) in [5, 5.41) is 17.2. The Bertz CT molecular complexity index is 196. The van der Waals surface area contributed by atoms with Crippen molar-refractivity contribution >= 4 is 22.7 Å². The van der Waals surface area contributed by atoms with Gasteiger partial charge in [-0.1, -0.05) is 16.8 Å². The summed E-state index contributed by atoms with van der Waals surface area (Å²) in [7, 11) is 0. The third-order valence-electron chi connectivity index (χ3n) is 0.465. The third kappa shape index (κ3) is 2.74. The van der Waals surface area contributed by atoms with E-state index >= 15 is 0 Å². The molecule has 0 bridgehead atoms. The van der Waals surface area contributed by atoms with Gasteiger partial charge >= 0.3 is 12.2 Å². The zero-order valence-electron chi connectivity index (χ0n) is 4.54. The van der Waals surface area contributed by atoms with Crippen LogP contribution in [-0.4, -0.2) is 16.3 Å². The minimum absolute atomic E-state index is 0.713. The molecule has 0 rings (SSSR count). The normalized spacial score (nSPS) is 9.80. The highest BCUT2D eigenvalue weighted by atomic mass is 35.5. The molecule has 0 aliphatic carbocycles. The monoisotopic (exact) mass is 163 g/mol. The van der Waals surface area contributed by atoms with Crippen molar-refractivity contribution in [3.05, 3.63) is 0 Å². The Morgan fingerprint density at radius 2 is 2.50 bits per heavy atom. The van der Waals surface area contributed by atoms with Gasteiger partial charge in [-0.2, -0.15) is 5.48 Å². The summed E-state index contributed by atoms with van der Waals surface area (Å²) >= 11 is 4.95. The summed E-state index contributed by atoms with van der Waals surface area (Å²) in [6.07, 6.45) is 1.15. The molecule has 0 fully saturated rings. The molecule has 0 atom stereocenters. The van der Waals surface area contributed by atoms with Crippen molar-refractivity contribution in [3.8, 4) is 6.26 Å². The highest BCUT2D eigenvalue weighted by Gasteiger charge is 2.07. The van der Waals surface area contributed by atoms with E-state index < -0.39 is 11.1 Å². The number of halogens is 1. The first-order valence-corrected chi connectivity index (χ1v) is 2.33. The van der Waals surface area contributed by atoms with Crippen LogP contribution < -0.4 is 5.48 Å². The van der Waals surface area contributed by atoms with Crippen molar-refractivity contribution in [2.75, 3.05) is 0 Å². The fourth-order valence-electron chi connectivity index (χ4n) is 0.157. The van der Waals surface area contributed by atoms with Crippen LogP contribution in [0, 0.1) is 11.5 Å². The number of rotatable bonds is 2. The first-order chi connectivity index (χ1) is 4.72. The summed E-state index contributed by atoms with van der Waals surface area (Å²) in [4.78, 5) is 14.1. The lowest BCUT2D eigenvalue weighted by atomic mass is 10.7. The fraction of sp³-hybridized carbons (Fsp3) is 0. The molecular weight excluding hydrogens is 162 g/mol. The topological polar surface area (TPSA) is 94.7 Å². The van der Waals surface area contributed by atoms with Crippen molar-refractivity contribution in [3.63, 3.8) is 0 Å². The molecule has 54 valence electrons. The number of amides is 1. The minimum Gasteiger partial charge on any atom is -0.409 e. The summed E-state index contributed by atoms with van der Waals surface area (Å²) in [6, 6.07) is 0. The molecule has 1 amide bonds. The Morgan fingerprint density at radius 3 is 2.90 bits per heavy atom. The van der Waals surface area contributed by atoms with E-state index in [1.54, 1.807) is 5.48 Å². The van der Waals surface area contributed by atoms with Crippen molar-refractivity contribution in [1.29, 1.82) is 5.26 Å². The minimum atomic E-state index is -0.995. The molecule has 2 N–H and O–H groups in total. The zero-order chi connectivity index (χ0) is 7.98. The molecule has 0 saturated heterocycles. The lowest BCUT2D eigenvalue weighted by Crippen LogP contribution is -2.26. The highest BCUT2D eigenvalue weighted by molar-refractivity contribution is 6.82. The van der Waals surface area contributed by atoms with E-state index in [2.05, 4.69) is 9.99 Å². The number of nitrogens with zero attached hydrogens (tertiary/aromatic N) is 2. The van der Waals surface area contributed by atoms with E-state index in [1.165, 1.54) is 0 Å². The number of oxime groups is 1. The number of hydrogen-bond acceptors (Lipinski definition) is 5. The second-order valence-corrected chi connectivity index (χ2v) is 1.37. The number of nitrogens with one attached hydrogen (secondary N) is 1. The van der Waals surface area contributed by atoms with Crippen LogP contribution in [0.4, 0.5) is 0 Å². The zero-order valence-corrected chi connectivity index (χ0v) is 5.29. The largest absolute Gasteiger partial charge is 0.409 e. The van der Waals surface area contributed by atoms with Crippen molar-refractivity contribution in [2.24, 2.45) is 5.16 Å². The van der Waals surface area contributed by atoms with Gasteiger partial charge in [0.1, 0.15) is 0 Å². The molecule has 0 radical (unpaired) electrons. The number of hydroxylamine groups is 1. The summed E-state index contributed by atoms with van der Waals surface area (Å²) in [5.74, 6) is -0.995. The number of carbonyl (C=O) groups excluding carboxylic acids is 1. The van der Waals surface area contributed by atoms with Gasteiger partial charge in [0.25, 0.3) is 0 Å². The van der Waals surface area contributed by atoms with Gasteiger partial charge in [0.05, 0.1) is 0 Å². The quantitative estimate of drug-likeness (QED) is 0.249. The Hall–Kier alpha value is -1.48. The Balaban J connectivity index is 3.77. The molecular formula is C3H2ClN3O3. The maximum absolute atomic E-state index is 10.3. The van der Waals surface area contributed by atoms with E-state index in [0.717, 1.165) is 6.26 Å². The smallest absolute Gasteiger partial charge is 0.318 e. The fourth-order valence-corrected chi connectivity index (χ4v) is 0.195. The molecule has 0 aliphatic heterocycles. The molecule has 0 aromatic rings. The molecule has 10 heavy (non-hydrogen) atoms. The van der Waals surface area contributed by atoms with Crippen molar-refractivity contribution in [2.45, 2.75) is 0 Å². The summed E-state index contributed by atoms with van der Waals surface area (Å²) in [6.45, 7) is 0. The number of carbonyl (C=O) groups is 1. The van der Waals surface area contributed by atoms with Crippen LogP contribution >= 0.6 is 11.6 Å². The average Bonchev–Trinajstić information content (AvgIpc) is 1.98. The lowest BCUT2D eigenvalue weighted by Gasteiger charge is -1.93. The van der Waals surface area contributed by atoms with Crippen LogP contribution in [0.2, 0.25) is 0 Å². The van der Waals surface area contributed by atoms with E-state index in [4.69, 9.17) is 22.1 Å². The molecule has 0 saturated carbocycles. The second kappa shape index (κ2) is 4.40. The van der Waals surface area contributed by atoms with Gasteiger partial charge in [-0.15, -0.1) is 5.26 Å². The highest BCUT2D eigenvalue weighted by Crippen LogP contribution is 1.83. The van der Waals surface area contributed by atoms with E-state index in [1.807, 2.05) is 0 Å². The van der Waals surface area contributed by atoms with Crippen molar-refractivity contribution in [1.82, 2.24) is 5.48 Å². The van der Waals surface area contributed by atoms with Gasteiger partial charge in [0.2, 0.25) is 5.17 Å². The maximum atomic E-state index is 10.3. The SMILES string of the molecule is N#CONC(=O)C(Cl)=NO. The Kier molecular flexibility index (Phi) is 3.75. The summed E-state index contributed by atoms with van der Waals surface area (Å²) in [5.41, 5.74) is 1.56. The molecule has 0 aromatic heterocycles. The van der Waals surface area contributed by atoms with E-state index in [0.29, 0.717) is 0 Å². The maximum Gasteiger partial charge on any atom is 0.318 e. The second-order valence-electron chi connectivity index (χ2n) is 1.02. The van der Waals surface area contributed by atoms with Gasteiger partial charge in [0, 0.05) is 0 Å². The molecule has 0 heterocycles. The van der Waals surface area contributed by atoms with Crippen LogP contribution in [0.5, 0.6) is 0 Å². The summed E-state index contributed by atoms with van der Waals surface area (Å²) < 4.78 is 0. The molecule has 0 aromatic carbocycles. The van der Waals surface area contributed by atoms with Crippen LogP contribution in [0.1, 0.15) is 0 Å². The first kappa shape index (κ1) is 8.52. The van der Waals surface area contributed by atoms with Crippen LogP contribution in [0.3, 0.4) is 0 Å². The van der Waals surface area contributed by atoms with Gasteiger partial charge in [-0.05, 0) is 0 Å². The molecule has 6 nitrogen and oxygen atoms in total. The van der Waals surface area contributed by atoms with E-state index in [-0.39, 0.29) is 0 Å². The lowest BCUT2D eigenvalue weighted by molar-refractivity contribution is -0.122. The van der Waals surface area contributed by atoms with Crippen molar-refractivity contribution < 1.29 is 14.8 Å². The molecule has 0 unspecified atom stereocenters. The first-order valence-electron chi connectivity index (χ1n) is 1.95. The molecule has 7 heteroatoms. The van der Waals surface area contributed by atoms with Gasteiger partial charge in [0.15, 0.2) is 0 Å². The van der Waals surface area contributed by atoms with Gasteiger partial charge in [-0.25, -0.2) is 0 Å². The third-order valence-corrected chi connectivity index (χ3v) is 0.712. The van der Waals surface area contributed by atoms with Crippen LogP contribution in [0.15, 0.2) is 5.16 Å². The Morgan fingerprint density at radius 1 is 1.90 bits per heavy atom. The van der Waals surface area contributed by atoms with E-state index in [9.17, 15) is 4.79 Å². The predicted octanol–water partition coefficient (Wildman–Crippen LogP) is -0.458. The predicted molar refractivity (Wildman–Crippen MR) is 29.9 cm³/mol. The number of hydrogen-bond donors (Lipinski definition) is 2. The molecule has 0 spiro atoms. The average molecular weight is 164 g/mol. The Labute approximate surface area is 60.6 Å². The van der Waals surface area contributed by atoms with Gasteiger partial charge in [-0.3, -0.25) is 9.63 Å².